The van der Waals surface area contributed by atoms with Crippen LogP contribution in [-0.4, -0.2) is 36.5 Å². The highest BCUT2D eigenvalue weighted by atomic mass is 15.1. The molecule has 1 N–H and O–H groups in total. The summed E-state index contributed by atoms with van der Waals surface area (Å²) in [4.78, 5) is 5.06. The van der Waals surface area contributed by atoms with Crippen molar-refractivity contribution in [3.8, 4) is 0 Å². The molecular formula is C33H43N3. The van der Waals surface area contributed by atoms with E-state index in [1.54, 1.807) is 5.57 Å². The molecule has 190 valence electrons. The maximum atomic E-state index is 4.05. The van der Waals surface area contributed by atoms with Gasteiger partial charge in [-0.2, -0.15) is 0 Å². The summed E-state index contributed by atoms with van der Waals surface area (Å²) in [6, 6.07) is 18.0. The van der Waals surface area contributed by atoms with Gasteiger partial charge in [0.25, 0.3) is 0 Å². The lowest BCUT2D eigenvalue weighted by molar-refractivity contribution is 0.192. The minimum atomic E-state index is 0.649. The second-order valence-electron chi connectivity index (χ2n) is 10.2. The third-order valence-corrected chi connectivity index (χ3v) is 7.56. The fourth-order valence-corrected chi connectivity index (χ4v) is 5.45. The van der Waals surface area contributed by atoms with Crippen molar-refractivity contribution in [1.29, 1.82) is 0 Å². The molecule has 2 heterocycles. The van der Waals surface area contributed by atoms with E-state index in [1.165, 1.54) is 61.0 Å². The van der Waals surface area contributed by atoms with E-state index >= 15 is 0 Å². The molecule has 0 aliphatic carbocycles. The Kier molecular flexibility index (Phi) is 9.24. The van der Waals surface area contributed by atoms with Gasteiger partial charge in [-0.1, -0.05) is 80.6 Å². The van der Waals surface area contributed by atoms with Gasteiger partial charge in [0.2, 0.25) is 0 Å². The third kappa shape index (κ3) is 6.79. The number of hydrogen-bond acceptors (Lipinski definition) is 3. The van der Waals surface area contributed by atoms with Crippen molar-refractivity contribution in [3.63, 3.8) is 0 Å². The van der Waals surface area contributed by atoms with Gasteiger partial charge in [-0.15, -0.1) is 0 Å². The van der Waals surface area contributed by atoms with Gasteiger partial charge >= 0.3 is 0 Å². The quantitative estimate of drug-likeness (QED) is 0.396. The van der Waals surface area contributed by atoms with Gasteiger partial charge in [0.15, 0.2) is 0 Å². The van der Waals surface area contributed by atoms with E-state index in [1.807, 2.05) is 7.05 Å². The summed E-state index contributed by atoms with van der Waals surface area (Å²) in [5.41, 5.74) is 9.36. The van der Waals surface area contributed by atoms with Gasteiger partial charge in [-0.25, -0.2) is 0 Å². The summed E-state index contributed by atoms with van der Waals surface area (Å²) in [5, 5.41) is 3.12. The van der Waals surface area contributed by atoms with E-state index in [0.717, 1.165) is 30.9 Å². The predicted molar refractivity (Wildman–Crippen MR) is 154 cm³/mol. The summed E-state index contributed by atoms with van der Waals surface area (Å²) in [6.07, 6.45) is 14.1. The predicted octanol–water partition coefficient (Wildman–Crippen LogP) is 6.94. The molecule has 4 rings (SSSR count). The van der Waals surface area contributed by atoms with Crippen molar-refractivity contribution in [3.05, 3.63) is 113 Å². The molecule has 1 fully saturated rings. The van der Waals surface area contributed by atoms with E-state index in [0.29, 0.717) is 5.92 Å². The molecule has 0 amide bonds. The van der Waals surface area contributed by atoms with Gasteiger partial charge in [0.05, 0.1) is 0 Å². The first-order valence-electron chi connectivity index (χ1n) is 13.6. The van der Waals surface area contributed by atoms with Crippen molar-refractivity contribution in [2.45, 2.75) is 52.6 Å². The molecule has 0 radical (unpaired) electrons. The largest absolute Gasteiger partial charge is 0.388 e. The highest BCUT2D eigenvalue weighted by Crippen LogP contribution is 2.31. The molecule has 3 heteroatoms. The minimum Gasteiger partial charge on any atom is -0.388 e. The monoisotopic (exact) mass is 481 g/mol. The molecule has 0 aromatic heterocycles. The second kappa shape index (κ2) is 12.8. The first-order valence-corrected chi connectivity index (χ1v) is 13.6. The van der Waals surface area contributed by atoms with E-state index in [4.69, 9.17) is 0 Å². The van der Waals surface area contributed by atoms with Crippen LogP contribution in [0, 0.1) is 5.92 Å². The van der Waals surface area contributed by atoms with Gasteiger partial charge in [0, 0.05) is 38.6 Å². The number of benzene rings is 2. The normalized spacial score (nSPS) is 18.2. The molecule has 3 nitrogen and oxygen atoms in total. The zero-order valence-corrected chi connectivity index (χ0v) is 22.5. The van der Waals surface area contributed by atoms with Gasteiger partial charge < -0.3 is 10.2 Å². The van der Waals surface area contributed by atoms with E-state index < -0.39 is 0 Å². The zero-order valence-electron chi connectivity index (χ0n) is 22.5. The number of likely N-dealkylation sites (tertiary alicyclic amines) is 1. The summed E-state index contributed by atoms with van der Waals surface area (Å²) < 4.78 is 0. The van der Waals surface area contributed by atoms with Crippen LogP contribution in [0.15, 0.2) is 90.7 Å². The van der Waals surface area contributed by atoms with E-state index in [2.05, 4.69) is 109 Å². The topological polar surface area (TPSA) is 18.5 Å². The summed E-state index contributed by atoms with van der Waals surface area (Å²) in [5.74, 6) is 0.649. The molecule has 36 heavy (non-hydrogen) atoms. The van der Waals surface area contributed by atoms with Crippen LogP contribution < -0.4 is 5.32 Å². The second-order valence-corrected chi connectivity index (χ2v) is 10.2. The molecule has 0 atom stereocenters. The SMILES string of the molecule is C=C(NC)c1ccc(CN2C=C/C(=C(/C=C\C)C3CCN(Cc4ccc(CCC)cc4)CC3)C2)cc1. The molecule has 0 bridgehead atoms. The Hall–Kier alpha value is -3.04. The lowest BCUT2D eigenvalue weighted by Gasteiger charge is -2.33. The molecule has 1 saturated heterocycles. The van der Waals surface area contributed by atoms with Crippen molar-refractivity contribution in [1.82, 2.24) is 15.1 Å². The summed E-state index contributed by atoms with van der Waals surface area (Å²) in [7, 11) is 1.91. The van der Waals surface area contributed by atoms with E-state index in [9.17, 15) is 0 Å². The fourth-order valence-electron chi connectivity index (χ4n) is 5.45. The van der Waals surface area contributed by atoms with E-state index in [-0.39, 0.29) is 0 Å². The average molecular weight is 482 g/mol. The van der Waals surface area contributed by atoms with Gasteiger partial charge in [-0.3, -0.25) is 4.90 Å². The zero-order chi connectivity index (χ0) is 25.3. The average Bonchev–Trinajstić information content (AvgIpc) is 3.37. The lowest BCUT2D eigenvalue weighted by Crippen LogP contribution is -2.34. The van der Waals surface area contributed by atoms with Crippen molar-refractivity contribution >= 4 is 5.70 Å². The van der Waals surface area contributed by atoms with Crippen molar-refractivity contribution in [2.75, 3.05) is 26.7 Å². The van der Waals surface area contributed by atoms with Crippen LogP contribution in [0.4, 0.5) is 0 Å². The smallest absolute Gasteiger partial charge is 0.0431 e. The van der Waals surface area contributed by atoms with Crippen LogP contribution in [0.25, 0.3) is 5.70 Å². The van der Waals surface area contributed by atoms with Gasteiger partial charge in [0.1, 0.15) is 0 Å². The van der Waals surface area contributed by atoms with Crippen LogP contribution in [0.2, 0.25) is 0 Å². The first kappa shape index (κ1) is 26.0. The third-order valence-electron chi connectivity index (χ3n) is 7.56. The highest BCUT2D eigenvalue weighted by molar-refractivity contribution is 5.61. The number of hydrogen-bond donors (Lipinski definition) is 1. The molecule has 0 unspecified atom stereocenters. The van der Waals surface area contributed by atoms with Crippen molar-refractivity contribution in [2.24, 2.45) is 5.92 Å². The number of rotatable bonds is 10. The summed E-state index contributed by atoms with van der Waals surface area (Å²) >= 11 is 0. The molecular weight excluding hydrogens is 438 g/mol. The van der Waals surface area contributed by atoms with Crippen molar-refractivity contribution < 1.29 is 0 Å². The number of nitrogens with zero attached hydrogens (tertiary/aromatic N) is 2. The standard InChI is InChI=1S/C33H43N3/c1-5-7-27-9-11-28(12-10-27)23-35-20-17-31(18-21-35)33(8-6-2)32-19-22-36(25-32)24-29-13-15-30(16-14-29)26(3)34-4/h6,8-16,19,22,31,34H,3,5,7,17-18,20-21,23-25H2,1-2,4H3/b8-6-,33-32+. The first-order chi connectivity index (χ1) is 17.6. The highest BCUT2D eigenvalue weighted by Gasteiger charge is 2.24. The Bertz CT molecular complexity index is 1080. The molecule has 2 aliphatic rings. The molecule has 2 aliphatic heterocycles. The van der Waals surface area contributed by atoms with Crippen LogP contribution in [0.1, 0.15) is 55.4 Å². The maximum Gasteiger partial charge on any atom is 0.0431 e. The molecule has 2 aromatic carbocycles. The van der Waals surface area contributed by atoms with Crippen LogP contribution >= 0.6 is 0 Å². The fraction of sp³-hybridized carbons (Fsp3) is 0.394. The number of nitrogens with one attached hydrogen (secondary N) is 1. The Morgan fingerprint density at radius 2 is 1.61 bits per heavy atom. The number of allylic oxidation sites excluding steroid dienone is 3. The Balaban J connectivity index is 1.33. The van der Waals surface area contributed by atoms with Crippen LogP contribution in [0.5, 0.6) is 0 Å². The van der Waals surface area contributed by atoms with Crippen LogP contribution in [0.3, 0.4) is 0 Å². The maximum absolute atomic E-state index is 4.05. The lowest BCUT2D eigenvalue weighted by atomic mass is 9.85. The van der Waals surface area contributed by atoms with Gasteiger partial charge in [-0.05, 0) is 84.7 Å². The minimum absolute atomic E-state index is 0.649. The molecule has 0 spiro atoms. The number of aryl methyl sites for hydroxylation is 1. The Morgan fingerprint density at radius 1 is 0.972 bits per heavy atom. The molecule has 0 saturated carbocycles. The Morgan fingerprint density at radius 3 is 2.25 bits per heavy atom. The Labute approximate surface area is 218 Å². The number of piperidine rings is 1. The molecule has 2 aromatic rings. The summed E-state index contributed by atoms with van der Waals surface area (Å²) in [6.45, 7) is 13.8. The van der Waals surface area contributed by atoms with Crippen LogP contribution in [-0.2, 0) is 19.5 Å².